The van der Waals surface area contributed by atoms with E-state index in [1.54, 1.807) is 11.1 Å². The lowest BCUT2D eigenvalue weighted by Crippen LogP contribution is -2.33. The van der Waals surface area contributed by atoms with E-state index in [0.29, 0.717) is 18.8 Å². The number of rotatable bonds is 4. The second kappa shape index (κ2) is 7.75. The molecule has 4 rings (SSSR count). The number of nitrogens with one attached hydrogen (secondary N) is 1. The van der Waals surface area contributed by atoms with E-state index in [4.69, 9.17) is 16.6 Å². The average Bonchev–Trinajstić information content (AvgIpc) is 3.30. The van der Waals surface area contributed by atoms with Crippen molar-refractivity contribution in [1.29, 1.82) is 0 Å². The molecule has 0 aliphatic carbocycles. The number of aromatic nitrogens is 3. The largest absolute Gasteiger partial charge is 0.324 e. The molecule has 1 aliphatic heterocycles. The Bertz CT molecular complexity index is 1020. The van der Waals surface area contributed by atoms with Crippen LogP contribution in [0.2, 0.25) is 5.02 Å². The Morgan fingerprint density at radius 3 is 3.04 bits per heavy atom. The number of likely N-dealkylation sites (tertiary alicyclic amines) is 1. The molecule has 2 amide bonds. The molecule has 1 unspecified atom stereocenters. The standard InChI is InChI=1S/C20H21ClFN5O/c1-2-9-27-18(25-17-4-3-8-23-19(17)27)13-7-10-26(12-13)20(28)24-14-5-6-16(22)15(21)11-14/h3-6,8,11,13H,2,7,9-10,12H2,1H3,(H,24,28). The van der Waals surface area contributed by atoms with Crippen molar-refractivity contribution in [3.8, 4) is 0 Å². The minimum atomic E-state index is -0.510. The second-order valence-electron chi connectivity index (χ2n) is 6.96. The van der Waals surface area contributed by atoms with Crippen LogP contribution in [0.1, 0.15) is 31.5 Å². The van der Waals surface area contributed by atoms with Gasteiger partial charge in [-0.1, -0.05) is 18.5 Å². The molecule has 146 valence electrons. The van der Waals surface area contributed by atoms with Gasteiger partial charge in [0, 0.05) is 37.4 Å². The summed E-state index contributed by atoms with van der Waals surface area (Å²) in [7, 11) is 0. The number of halogens is 2. The number of hydrogen-bond acceptors (Lipinski definition) is 3. The van der Waals surface area contributed by atoms with Crippen LogP contribution < -0.4 is 5.32 Å². The van der Waals surface area contributed by atoms with Gasteiger partial charge in [-0.3, -0.25) is 0 Å². The number of fused-ring (bicyclic) bond motifs is 1. The van der Waals surface area contributed by atoms with Gasteiger partial charge in [0.2, 0.25) is 0 Å². The molecule has 3 heterocycles. The average molecular weight is 402 g/mol. The Labute approximate surface area is 167 Å². The van der Waals surface area contributed by atoms with E-state index in [1.807, 2.05) is 12.1 Å². The fraction of sp³-hybridized carbons (Fsp3) is 0.350. The van der Waals surface area contributed by atoms with E-state index in [1.165, 1.54) is 18.2 Å². The van der Waals surface area contributed by atoms with E-state index < -0.39 is 5.82 Å². The zero-order valence-electron chi connectivity index (χ0n) is 15.5. The van der Waals surface area contributed by atoms with Gasteiger partial charge in [-0.25, -0.2) is 19.2 Å². The summed E-state index contributed by atoms with van der Waals surface area (Å²) in [6.07, 6.45) is 3.60. The molecule has 3 aromatic rings. The lowest BCUT2D eigenvalue weighted by Gasteiger charge is -2.18. The van der Waals surface area contributed by atoms with Crippen LogP contribution in [0.15, 0.2) is 36.5 Å². The summed E-state index contributed by atoms with van der Waals surface area (Å²) in [5.41, 5.74) is 2.25. The number of benzene rings is 1. The molecular weight excluding hydrogens is 381 g/mol. The molecular formula is C20H21ClFN5O. The monoisotopic (exact) mass is 401 g/mol. The Balaban J connectivity index is 1.51. The molecule has 0 radical (unpaired) electrons. The van der Waals surface area contributed by atoms with Crippen LogP contribution in [0.4, 0.5) is 14.9 Å². The highest BCUT2D eigenvalue weighted by atomic mass is 35.5. The molecule has 1 N–H and O–H groups in total. The second-order valence-corrected chi connectivity index (χ2v) is 7.37. The molecule has 2 aromatic heterocycles. The van der Waals surface area contributed by atoms with Crippen molar-refractivity contribution < 1.29 is 9.18 Å². The maximum atomic E-state index is 13.3. The third-order valence-electron chi connectivity index (χ3n) is 4.99. The quantitative estimate of drug-likeness (QED) is 0.691. The first kappa shape index (κ1) is 18.7. The first-order chi connectivity index (χ1) is 13.6. The topological polar surface area (TPSA) is 63.1 Å². The first-order valence-electron chi connectivity index (χ1n) is 9.39. The fourth-order valence-corrected chi connectivity index (χ4v) is 3.84. The van der Waals surface area contributed by atoms with Gasteiger partial charge in [-0.2, -0.15) is 0 Å². The third kappa shape index (κ3) is 3.54. The van der Waals surface area contributed by atoms with E-state index in [2.05, 4.69) is 21.8 Å². The summed E-state index contributed by atoms with van der Waals surface area (Å²) in [4.78, 5) is 23.6. The van der Waals surface area contributed by atoms with Crippen molar-refractivity contribution >= 4 is 34.5 Å². The fourth-order valence-electron chi connectivity index (χ4n) is 3.66. The summed E-state index contributed by atoms with van der Waals surface area (Å²) in [6, 6.07) is 7.78. The van der Waals surface area contributed by atoms with Crippen LogP contribution in [-0.2, 0) is 6.54 Å². The highest BCUT2D eigenvalue weighted by Crippen LogP contribution is 2.30. The van der Waals surface area contributed by atoms with Crippen LogP contribution >= 0.6 is 11.6 Å². The summed E-state index contributed by atoms with van der Waals surface area (Å²) in [5.74, 6) is 0.628. The van der Waals surface area contributed by atoms with Crippen LogP contribution in [0.5, 0.6) is 0 Å². The summed E-state index contributed by atoms with van der Waals surface area (Å²) < 4.78 is 15.5. The molecule has 1 aromatic carbocycles. The minimum Gasteiger partial charge on any atom is -0.324 e. The number of pyridine rings is 1. The highest BCUT2D eigenvalue weighted by Gasteiger charge is 2.31. The van der Waals surface area contributed by atoms with Crippen molar-refractivity contribution in [2.24, 2.45) is 0 Å². The SMILES string of the molecule is CCCn1c(C2CCN(C(=O)Nc3ccc(F)c(Cl)c3)C2)nc2cccnc21. The molecule has 1 saturated heterocycles. The van der Waals surface area contributed by atoms with Crippen LogP contribution in [-0.4, -0.2) is 38.6 Å². The van der Waals surface area contributed by atoms with Crippen molar-refractivity contribution in [2.75, 3.05) is 18.4 Å². The first-order valence-corrected chi connectivity index (χ1v) is 9.76. The van der Waals surface area contributed by atoms with Gasteiger partial charge < -0.3 is 14.8 Å². The Morgan fingerprint density at radius 1 is 1.39 bits per heavy atom. The molecule has 1 atom stereocenters. The van der Waals surface area contributed by atoms with Gasteiger partial charge in [0.25, 0.3) is 0 Å². The lowest BCUT2D eigenvalue weighted by molar-refractivity contribution is 0.222. The summed E-state index contributed by atoms with van der Waals surface area (Å²) in [6.45, 7) is 4.18. The number of carbonyl (C=O) groups is 1. The van der Waals surface area contributed by atoms with Crippen LogP contribution in [0.3, 0.4) is 0 Å². The Kier molecular flexibility index (Phi) is 5.17. The van der Waals surface area contributed by atoms with E-state index in [0.717, 1.165) is 36.4 Å². The summed E-state index contributed by atoms with van der Waals surface area (Å²) >= 11 is 5.79. The van der Waals surface area contributed by atoms with Gasteiger partial charge in [0.15, 0.2) is 5.65 Å². The van der Waals surface area contributed by atoms with E-state index in [-0.39, 0.29) is 17.0 Å². The maximum Gasteiger partial charge on any atom is 0.321 e. The van der Waals surface area contributed by atoms with Crippen LogP contribution in [0, 0.1) is 5.82 Å². The minimum absolute atomic E-state index is 0.0159. The number of urea groups is 1. The molecule has 1 fully saturated rings. The van der Waals surface area contributed by atoms with Gasteiger partial charge in [0.05, 0.1) is 5.02 Å². The van der Waals surface area contributed by atoms with Crippen molar-refractivity contribution in [2.45, 2.75) is 32.2 Å². The van der Waals surface area contributed by atoms with E-state index in [9.17, 15) is 9.18 Å². The van der Waals surface area contributed by atoms with Crippen molar-refractivity contribution in [1.82, 2.24) is 19.4 Å². The predicted molar refractivity (Wildman–Crippen MR) is 107 cm³/mol. The number of carbonyl (C=O) groups excluding carboxylic acids is 1. The molecule has 0 saturated carbocycles. The molecule has 28 heavy (non-hydrogen) atoms. The third-order valence-corrected chi connectivity index (χ3v) is 5.28. The molecule has 1 aliphatic rings. The molecule has 6 nitrogen and oxygen atoms in total. The molecule has 0 bridgehead atoms. The zero-order chi connectivity index (χ0) is 19.7. The maximum absolute atomic E-state index is 13.3. The van der Waals surface area contributed by atoms with Crippen molar-refractivity contribution in [3.05, 3.63) is 53.2 Å². The predicted octanol–water partition coefficient (Wildman–Crippen LogP) is 4.66. The van der Waals surface area contributed by atoms with Gasteiger partial charge >= 0.3 is 6.03 Å². The number of aryl methyl sites for hydroxylation is 1. The number of amides is 2. The lowest BCUT2D eigenvalue weighted by atomic mass is 10.1. The number of anilines is 1. The normalized spacial score (nSPS) is 16.7. The van der Waals surface area contributed by atoms with Gasteiger partial charge in [0.1, 0.15) is 17.2 Å². The number of hydrogen-bond donors (Lipinski definition) is 1. The van der Waals surface area contributed by atoms with Gasteiger partial charge in [-0.15, -0.1) is 0 Å². The molecule has 0 spiro atoms. The zero-order valence-corrected chi connectivity index (χ0v) is 16.3. The Morgan fingerprint density at radius 2 is 2.25 bits per heavy atom. The smallest absolute Gasteiger partial charge is 0.321 e. The Hall–Kier alpha value is -2.67. The number of imidazole rings is 1. The van der Waals surface area contributed by atoms with Crippen molar-refractivity contribution in [3.63, 3.8) is 0 Å². The van der Waals surface area contributed by atoms with Crippen LogP contribution in [0.25, 0.3) is 11.2 Å². The van der Waals surface area contributed by atoms with Gasteiger partial charge in [-0.05, 0) is 43.2 Å². The number of nitrogens with zero attached hydrogens (tertiary/aromatic N) is 4. The van der Waals surface area contributed by atoms with E-state index >= 15 is 0 Å². The highest BCUT2D eigenvalue weighted by molar-refractivity contribution is 6.31. The summed E-state index contributed by atoms with van der Waals surface area (Å²) in [5, 5.41) is 2.77. The molecule has 8 heteroatoms.